The Balaban J connectivity index is 0.00000264. The molecule has 0 amide bonds. The van der Waals surface area contributed by atoms with Crippen LogP contribution in [0, 0.1) is 0 Å². The Bertz CT molecular complexity index is 688. The SMILES string of the molecule is COC(=O)c1cnc(-c2ccc(C(F)(F)F)cc2)cc1CN.Cl. The lowest BCUT2D eigenvalue weighted by molar-refractivity contribution is -0.137. The van der Waals surface area contributed by atoms with Gasteiger partial charge in [0.25, 0.3) is 0 Å². The number of aromatic nitrogens is 1. The van der Waals surface area contributed by atoms with Gasteiger partial charge in [-0.25, -0.2) is 4.79 Å². The van der Waals surface area contributed by atoms with Crippen molar-refractivity contribution in [1.82, 2.24) is 4.98 Å². The van der Waals surface area contributed by atoms with Crippen molar-refractivity contribution in [2.24, 2.45) is 5.73 Å². The lowest BCUT2D eigenvalue weighted by Gasteiger charge is -2.10. The highest BCUT2D eigenvalue weighted by Gasteiger charge is 2.30. The number of hydrogen-bond acceptors (Lipinski definition) is 4. The summed E-state index contributed by atoms with van der Waals surface area (Å²) >= 11 is 0. The highest BCUT2D eigenvalue weighted by atomic mass is 35.5. The predicted molar refractivity (Wildman–Crippen MR) is 81.2 cm³/mol. The summed E-state index contributed by atoms with van der Waals surface area (Å²) in [6.07, 6.45) is -3.08. The fourth-order valence-electron chi connectivity index (χ4n) is 1.95. The van der Waals surface area contributed by atoms with Crippen molar-refractivity contribution in [3.05, 3.63) is 53.2 Å². The Hall–Kier alpha value is -2.12. The minimum Gasteiger partial charge on any atom is -0.465 e. The number of hydrogen-bond donors (Lipinski definition) is 1. The molecular formula is C15H14ClF3N2O2. The number of halogens is 4. The molecule has 1 aromatic heterocycles. The number of carbonyl (C=O) groups excluding carboxylic acids is 1. The predicted octanol–water partition coefficient (Wildman–Crippen LogP) is 3.43. The Morgan fingerprint density at radius 1 is 1.26 bits per heavy atom. The second-order valence-corrected chi connectivity index (χ2v) is 4.50. The second kappa shape index (κ2) is 7.43. The molecule has 1 aromatic carbocycles. The van der Waals surface area contributed by atoms with Crippen molar-refractivity contribution in [2.75, 3.05) is 7.11 Å². The Morgan fingerprint density at radius 3 is 2.35 bits per heavy atom. The van der Waals surface area contributed by atoms with Gasteiger partial charge >= 0.3 is 12.1 Å². The summed E-state index contributed by atoms with van der Waals surface area (Å²) in [6, 6.07) is 6.17. The van der Waals surface area contributed by atoms with Gasteiger partial charge in [-0.05, 0) is 23.8 Å². The molecule has 2 rings (SSSR count). The maximum absolute atomic E-state index is 12.5. The van der Waals surface area contributed by atoms with Gasteiger partial charge in [0.1, 0.15) is 0 Å². The number of rotatable bonds is 3. The van der Waals surface area contributed by atoms with Crippen LogP contribution in [0.2, 0.25) is 0 Å². The van der Waals surface area contributed by atoms with Crippen LogP contribution in [0.15, 0.2) is 36.5 Å². The summed E-state index contributed by atoms with van der Waals surface area (Å²) in [5, 5.41) is 0. The molecule has 0 saturated carbocycles. The first kappa shape index (κ1) is 18.9. The van der Waals surface area contributed by atoms with Gasteiger partial charge in [-0.2, -0.15) is 13.2 Å². The van der Waals surface area contributed by atoms with E-state index in [1.807, 2.05) is 0 Å². The molecule has 0 aliphatic rings. The van der Waals surface area contributed by atoms with Crippen LogP contribution in [0.4, 0.5) is 13.2 Å². The fourth-order valence-corrected chi connectivity index (χ4v) is 1.95. The molecule has 2 aromatic rings. The van der Waals surface area contributed by atoms with Crippen molar-refractivity contribution >= 4 is 18.4 Å². The van der Waals surface area contributed by atoms with Gasteiger partial charge < -0.3 is 10.5 Å². The number of alkyl halides is 3. The molecule has 0 aliphatic carbocycles. The van der Waals surface area contributed by atoms with E-state index in [1.165, 1.54) is 25.4 Å². The van der Waals surface area contributed by atoms with E-state index < -0.39 is 17.7 Å². The largest absolute Gasteiger partial charge is 0.465 e. The van der Waals surface area contributed by atoms with Gasteiger partial charge in [0, 0.05) is 18.3 Å². The number of pyridine rings is 1. The van der Waals surface area contributed by atoms with Crippen LogP contribution in [-0.2, 0) is 17.5 Å². The van der Waals surface area contributed by atoms with E-state index in [0.29, 0.717) is 16.8 Å². The van der Waals surface area contributed by atoms with Crippen molar-refractivity contribution in [2.45, 2.75) is 12.7 Å². The van der Waals surface area contributed by atoms with Crippen LogP contribution in [0.25, 0.3) is 11.3 Å². The molecule has 2 N–H and O–H groups in total. The summed E-state index contributed by atoms with van der Waals surface area (Å²) in [5.41, 5.74) is 6.53. The number of carbonyl (C=O) groups is 1. The maximum Gasteiger partial charge on any atom is 0.416 e. The molecule has 8 heteroatoms. The highest BCUT2D eigenvalue weighted by molar-refractivity contribution is 5.91. The topological polar surface area (TPSA) is 65.2 Å². The maximum atomic E-state index is 12.5. The van der Waals surface area contributed by atoms with Crippen LogP contribution < -0.4 is 5.73 Å². The second-order valence-electron chi connectivity index (χ2n) is 4.50. The molecular weight excluding hydrogens is 333 g/mol. The number of ether oxygens (including phenoxy) is 1. The molecule has 0 fully saturated rings. The van der Waals surface area contributed by atoms with Gasteiger partial charge in [-0.1, -0.05) is 12.1 Å². The number of methoxy groups -OCH3 is 1. The smallest absolute Gasteiger partial charge is 0.416 e. The van der Waals surface area contributed by atoms with Gasteiger partial charge in [0.05, 0.1) is 23.9 Å². The lowest BCUT2D eigenvalue weighted by Crippen LogP contribution is -2.10. The monoisotopic (exact) mass is 346 g/mol. The number of esters is 1. The molecule has 0 spiro atoms. The molecule has 0 unspecified atom stereocenters. The van der Waals surface area contributed by atoms with E-state index in [-0.39, 0.29) is 24.5 Å². The summed E-state index contributed by atoms with van der Waals surface area (Å²) < 4.78 is 42.2. The third-order valence-electron chi connectivity index (χ3n) is 3.12. The minimum absolute atomic E-state index is 0. The van der Waals surface area contributed by atoms with Crippen LogP contribution in [0.3, 0.4) is 0 Å². The first-order valence-electron chi connectivity index (χ1n) is 6.31. The fraction of sp³-hybridized carbons (Fsp3) is 0.200. The molecule has 124 valence electrons. The lowest BCUT2D eigenvalue weighted by atomic mass is 10.0. The van der Waals surface area contributed by atoms with Crippen LogP contribution in [0.1, 0.15) is 21.5 Å². The van der Waals surface area contributed by atoms with Crippen molar-refractivity contribution < 1.29 is 22.7 Å². The highest BCUT2D eigenvalue weighted by Crippen LogP contribution is 2.30. The zero-order chi connectivity index (χ0) is 16.3. The quantitative estimate of drug-likeness (QED) is 0.865. The van der Waals surface area contributed by atoms with Crippen molar-refractivity contribution in [3.8, 4) is 11.3 Å². The molecule has 0 atom stereocenters. The molecule has 0 bridgehead atoms. The zero-order valence-electron chi connectivity index (χ0n) is 12.1. The Labute approximate surface area is 136 Å². The normalized spacial score (nSPS) is 10.8. The number of benzene rings is 1. The third-order valence-corrected chi connectivity index (χ3v) is 3.12. The van der Waals surface area contributed by atoms with Crippen LogP contribution >= 0.6 is 12.4 Å². The van der Waals surface area contributed by atoms with Crippen LogP contribution in [0.5, 0.6) is 0 Å². The minimum atomic E-state index is -4.39. The van der Waals surface area contributed by atoms with Gasteiger partial charge in [-0.3, -0.25) is 4.98 Å². The molecule has 0 aliphatic heterocycles. The van der Waals surface area contributed by atoms with E-state index in [4.69, 9.17) is 5.73 Å². The average molecular weight is 347 g/mol. The number of nitrogens with zero attached hydrogens (tertiary/aromatic N) is 1. The Morgan fingerprint density at radius 2 is 1.87 bits per heavy atom. The first-order valence-corrected chi connectivity index (χ1v) is 6.31. The van der Waals surface area contributed by atoms with Gasteiger partial charge in [0.15, 0.2) is 0 Å². The van der Waals surface area contributed by atoms with Crippen molar-refractivity contribution in [1.29, 1.82) is 0 Å². The summed E-state index contributed by atoms with van der Waals surface area (Å²) in [4.78, 5) is 15.6. The molecule has 4 nitrogen and oxygen atoms in total. The summed E-state index contributed by atoms with van der Waals surface area (Å²) in [7, 11) is 1.24. The van der Waals surface area contributed by atoms with E-state index >= 15 is 0 Å². The first-order chi connectivity index (χ1) is 10.4. The standard InChI is InChI=1S/C15H13F3N2O2.ClH/c1-22-14(21)12-8-20-13(6-10(12)7-19)9-2-4-11(5-3-9)15(16,17)18;/h2-6,8H,7,19H2,1H3;1H. The van der Waals surface area contributed by atoms with E-state index in [0.717, 1.165) is 12.1 Å². The molecule has 23 heavy (non-hydrogen) atoms. The summed E-state index contributed by atoms with van der Waals surface area (Å²) in [6.45, 7) is 0.0839. The number of nitrogens with two attached hydrogens (primary N) is 1. The van der Waals surface area contributed by atoms with E-state index in [9.17, 15) is 18.0 Å². The summed E-state index contributed by atoms with van der Waals surface area (Å²) in [5.74, 6) is -0.563. The van der Waals surface area contributed by atoms with Gasteiger partial charge in [0.2, 0.25) is 0 Å². The van der Waals surface area contributed by atoms with Gasteiger partial charge in [-0.15, -0.1) is 12.4 Å². The third kappa shape index (κ3) is 4.20. The molecule has 1 heterocycles. The molecule has 0 saturated heterocycles. The van der Waals surface area contributed by atoms with Crippen molar-refractivity contribution in [3.63, 3.8) is 0 Å². The van der Waals surface area contributed by atoms with Crippen LogP contribution in [-0.4, -0.2) is 18.1 Å². The molecule has 0 radical (unpaired) electrons. The average Bonchev–Trinajstić information content (AvgIpc) is 2.52. The zero-order valence-corrected chi connectivity index (χ0v) is 12.9. The van der Waals surface area contributed by atoms with E-state index in [1.54, 1.807) is 6.07 Å². The van der Waals surface area contributed by atoms with E-state index in [2.05, 4.69) is 9.72 Å². The Kier molecular flexibility index (Phi) is 6.12.